The molecule has 2 aliphatic heterocycles. The first-order chi connectivity index (χ1) is 18.6. The molecule has 0 bridgehead atoms. The summed E-state index contributed by atoms with van der Waals surface area (Å²) in [7, 11) is 3.82. The van der Waals surface area contributed by atoms with Gasteiger partial charge >= 0.3 is 0 Å². The van der Waals surface area contributed by atoms with Gasteiger partial charge in [0.05, 0.1) is 24.8 Å². The Bertz CT molecular complexity index is 1250. The number of Topliss-reactive ketones (excluding diaryl/α,β-unsaturated/α-hetero) is 1. The Labute approximate surface area is 231 Å². The van der Waals surface area contributed by atoms with Gasteiger partial charge in [0.25, 0.3) is 11.7 Å². The Morgan fingerprint density at radius 3 is 2.59 bits per heavy atom. The van der Waals surface area contributed by atoms with E-state index in [0.717, 1.165) is 17.7 Å². The van der Waals surface area contributed by atoms with Gasteiger partial charge in [-0.1, -0.05) is 19.9 Å². The summed E-state index contributed by atoms with van der Waals surface area (Å²) in [4.78, 5) is 30.2. The first kappa shape index (κ1) is 28.5. The number of hydrogen-bond donors (Lipinski definition) is 1. The molecule has 0 radical (unpaired) electrons. The van der Waals surface area contributed by atoms with Crippen LogP contribution in [-0.4, -0.2) is 73.1 Å². The van der Waals surface area contributed by atoms with E-state index in [-0.39, 0.29) is 17.4 Å². The Kier molecular flexibility index (Phi) is 8.85. The van der Waals surface area contributed by atoms with Crippen molar-refractivity contribution in [2.24, 2.45) is 5.92 Å². The molecule has 1 fully saturated rings. The Hall–Kier alpha value is -3.52. The average molecular weight is 537 g/mol. The van der Waals surface area contributed by atoms with Gasteiger partial charge in [-0.25, -0.2) is 0 Å². The fraction of sp³-hybridized carbons (Fsp3) is 0.484. The molecule has 0 unspecified atom stereocenters. The average Bonchev–Trinajstić information content (AvgIpc) is 3.38. The SMILES string of the molecule is CCOc1cc([C@H]2C(=C(O)c3ccc4c(c3)C[C@@H](C)O4)C(=O)C(=O)N2CCN(C)C)ccc1OCCC(C)C. The van der Waals surface area contributed by atoms with Crippen LogP contribution in [0.15, 0.2) is 42.0 Å². The summed E-state index contributed by atoms with van der Waals surface area (Å²) in [6, 6.07) is 10.1. The number of amides is 1. The predicted octanol–water partition coefficient (Wildman–Crippen LogP) is 4.82. The minimum Gasteiger partial charge on any atom is -0.507 e. The number of aliphatic hydroxyl groups is 1. The molecule has 0 spiro atoms. The van der Waals surface area contributed by atoms with Crippen LogP contribution in [-0.2, 0) is 16.0 Å². The molecule has 210 valence electrons. The summed E-state index contributed by atoms with van der Waals surface area (Å²) in [5.41, 5.74) is 2.20. The lowest BCUT2D eigenvalue weighted by Gasteiger charge is -2.27. The normalized spacial score (nSPS) is 20.1. The summed E-state index contributed by atoms with van der Waals surface area (Å²) in [6.45, 7) is 10.0. The van der Waals surface area contributed by atoms with E-state index in [1.54, 1.807) is 6.07 Å². The lowest BCUT2D eigenvalue weighted by atomic mass is 9.94. The summed E-state index contributed by atoms with van der Waals surface area (Å²) in [5.74, 6) is 0.915. The van der Waals surface area contributed by atoms with Gasteiger partial charge in [-0.2, -0.15) is 0 Å². The maximum Gasteiger partial charge on any atom is 0.295 e. The molecule has 2 aromatic carbocycles. The number of aliphatic hydroxyl groups excluding tert-OH is 1. The van der Waals surface area contributed by atoms with Gasteiger partial charge in [0.15, 0.2) is 11.5 Å². The zero-order chi connectivity index (χ0) is 28.3. The van der Waals surface area contributed by atoms with E-state index in [4.69, 9.17) is 14.2 Å². The number of hydrogen-bond acceptors (Lipinski definition) is 7. The predicted molar refractivity (Wildman–Crippen MR) is 150 cm³/mol. The highest BCUT2D eigenvalue weighted by Crippen LogP contribution is 2.42. The third-order valence-electron chi connectivity index (χ3n) is 7.03. The van der Waals surface area contributed by atoms with E-state index >= 15 is 0 Å². The standard InChI is InChI=1S/C31H40N2O6/c1-7-37-26-18-21(8-11-25(26)38-15-12-19(2)3)28-27(30(35)31(36)33(28)14-13-32(5)6)29(34)22-9-10-24-23(17-22)16-20(4)39-24/h8-11,17-20,28,34H,7,12-16H2,1-6H3/t20-,28+/m1/s1. The zero-order valence-corrected chi connectivity index (χ0v) is 23.8. The molecule has 8 heteroatoms. The number of carbonyl (C=O) groups excluding carboxylic acids is 2. The van der Waals surface area contributed by atoms with Crippen LogP contribution >= 0.6 is 0 Å². The minimum atomic E-state index is -0.766. The lowest BCUT2D eigenvalue weighted by Crippen LogP contribution is -2.35. The van der Waals surface area contributed by atoms with Crippen molar-refractivity contribution in [3.63, 3.8) is 0 Å². The smallest absolute Gasteiger partial charge is 0.295 e. The molecule has 4 rings (SSSR count). The minimum absolute atomic E-state index is 0.0484. The molecule has 2 aromatic rings. The maximum atomic E-state index is 13.4. The van der Waals surface area contributed by atoms with Crippen molar-refractivity contribution in [2.45, 2.75) is 52.7 Å². The third-order valence-corrected chi connectivity index (χ3v) is 7.03. The van der Waals surface area contributed by atoms with Crippen LogP contribution in [0.5, 0.6) is 17.2 Å². The number of carbonyl (C=O) groups is 2. The number of ketones is 1. The molecule has 2 heterocycles. The molecule has 0 aliphatic carbocycles. The van der Waals surface area contributed by atoms with Gasteiger partial charge in [-0.05, 0) is 81.7 Å². The van der Waals surface area contributed by atoms with E-state index in [0.29, 0.717) is 61.3 Å². The number of nitrogens with zero attached hydrogens (tertiary/aromatic N) is 2. The van der Waals surface area contributed by atoms with E-state index in [9.17, 15) is 14.7 Å². The number of benzene rings is 2. The molecule has 8 nitrogen and oxygen atoms in total. The van der Waals surface area contributed by atoms with E-state index in [2.05, 4.69) is 13.8 Å². The molecule has 1 saturated heterocycles. The lowest BCUT2D eigenvalue weighted by molar-refractivity contribution is -0.140. The molecular weight excluding hydrogens is 496 g/mol. The van der Waals surface area contributed by atoms with E-state index in [1.165, 1.54) is 4.90 Å². The van der Waals surface area contributed by atoms with Gasteiger partial charge in [0.2, 0.25) is 0 Å². The van der Waals surface area contributed by atoms with Crippen LogP contribution in [0.3, 0.4) is 0 Å². The van der Waals surface area contributed by atoms with Crippen LogP contribution in [0.4, 0.5) is 0 Å². The second-order valence-electron chi connectivity index (χ2n) is 10.9. The van der Waals surface area contributed by atoms with E-state index in [1.807, 2.05) is 63.2 Å². The Morgan fingerprint density at radius 2 is 1.90 bits per heavy atom. The second-order valence-corrected chi connectivity index (χ2v) is 10.9. The van der Waals surface area contributed by atoms with Crippen LogP contribution in [0.25, 0.3) is 5.76 Å². The Morgan fingerprint density at radius 1 is 1.13 bits per heavy atom. The van der Waals surface area contributed by atoms with Crippen molar-refractivity contribution in [1.29, 1.82) is 0 Å². The first-order valence-corrected chi connectivity index (χ1v) is 13.7. The van der Waals surface area contributed by atoms with Gasteiger partial charge in [0, 0.05) is 25.1 Å². The van der Waals surface area contributed by atoms with Crippen LogP contribution in [0.1, 0.15) is 56.8 Å². The van der Waals surface area contributed by atoms with Crippen molar-refractivity contribution in [3.8, 4) is 17.2 Å². The van der Waals surface area contributed by atoms with Crippen molar-refractivity contribution in [3.05, 3.63) is 58.7 Å². The Balaban J connectivity index is 1.78. The quantitative estimate of drug-likeness (QED) is 0.250. The number of likely N-dealkylation sites (tertiary alicyclic amines) is 1. The number of likely N-dealkylation sites (N-methyl/N-ethyl adjacent to an activating group) is 1. The third kappa shape index (κ3) is 6.22. The highest BCUT2D eigenvalue weighted by molar-refractivity contribution is 6.46. The van der Waals surface area contributed by atoms with Crippen molar-refractivity contribution >= 4 is 17.4 Å². The number of ether oxygens (including phenoxy) is 3. The van der Waals surface area contributed by atoms with Gasteiger partial charge < -0.3 is 29.1 Å². The van der Waals surface area contributed by atoms with Crippen LogP contribution < -0.4 is 14.2 Å². The van der Waals surface area contributed by atoms with Crippen molar-refractivity contribution in [2.75, 3.05) is 40.4 Å². The molecule has 1 amide bonds. The summed E-state index contributed by atoms with van der Waals surface area (Å²) < 4.78 is 17.7. The molecule has 2 atom stereocenters. The van der Waals surface area contributed by atoms with Crippen molar-refractivity contribution < 1.29 is 28.9 Å². The first-order valence-electron chi connectivity index (χ1n) is 13.7. The summed E-state index contributed by atoms with van der Waals surface area (Å²) in [5, 5.41) is 11.5. The molecule has 0 aromatic heterocycles. The van der Waals surface area contributed by atoms with Crippen LogP contribution in [0.2, 0.25) is 0 Å². The molecule has 0 saturated carbocycles. The van der Waals surface area contributed by atoms with Crippen molar-refractivity contribution in [1.82, 2.24) is 9.80 Å². The number of fused-ring (bicyclic) bond motifs is 1. The summed E-state index contributed by atoms with van der Waals surface area (Å²) >= 11 is 0. The molecule has 2 aliphatic rings. The fourth-order valence-corrected chi connectivity index (χ4v) is 4.98. The maximum absolute atomic E-state index is 13.4. The van der Waals surface area contributed by atoms with Gasteiger partial charge in [0.1, 0.15) is 17.6 Å². The monoisotopic (exact) mass is 536 g/mol. The van der Waals surface area contributed by atoms with Crippen LogP contribution in [0, 0.1) is 5.92 Å². The highest BCUT2D eigenvalue weighted by atomic mass is 16.5. The summed E-state index contributed by atoms with van der Waals surface area (Å²) in [6.07, 6.45) is 1.67. The fourth-order valence-electron chi connectivity index (χ4n) is 4.98. The van der Waals surface area contributed by atoms with Gasteiger partial charge in [-0.3, -0.25) is 9.59 Å². The second kappa shape index (κ2) is 12.1. The van der Waals surface area contributed by atoms with E-state index < -0.39 is 17.7 Å². The highest BCUT2D eigenvalue weighted by Gasteiger charge is 2.46. The molecule has 1 N–H and O–H groups in total. The zero-order valence-electron chi connectivity index (χ0n) is 23.8. The van der Waals surface area contributed by atoms with Gasteiger partial charge in [-0.15, -0.1) is 0 Å². The molecular formula is C31H40N2O6. The topological polar surface area (TPSA) is 88.5 Å². The largest absolute Gasteiger partial charge is 0.507 e. The number of rotatable bonds is 11. The molecule has 39 heavy (non-hydrogen) atoms.